The van der Waals surface area contributed by atoms with Crippen LogP contribution in [0.2, 0.25) is 0 Å². The Hall–Kier alpha value is -10.2. The van der Waals surface area contributed by atoms with E-state index in [0.717, 1.165) is 133 Å². The Morgan fingerprint density at radius 3 is 1.03 bits per heavy atom. The third-order valence-corrected chi connectivity index (χ3v) is 24.1. The molecular weight excluding hydrogens is 2160 g/mol. The molecule has 0 saturated heterocycles. The Morgan fingerprint density at radius 1 is 0.455 bits per heavy atom. The largest absolute Gasteiger partial charge is 1.00 e. The number of alkyl halides is 1. The van der Waals surface area contributed by atoms with E-state index in [2.05, 4.69) is 160 Å². The summed E-state index contributed by atoms with van der Waals surface area (Å²) in [7, 11) is 18.3. The van der Waals surface area contributed by atoms with E-state index in [4.69, 9.17) is 65.5 Å². The van der Waals surface area contributed by atoms with Gasteiger partial charge in [-0.15, -0.1) is 11.6 Å². The van der Waals surface area contributed by atoms with Crippen LogP contribution >= 0.6 is 96.7 Å². The number of aliphatic carboxylic acids is 1. The number of carboxylic acids is 1. The summed E-state index contributed by atoms with van der Waals surface area (Å²) in [5.41, 5.74) is 8.29. The van der Waals surface area contributed by atoms with Crippen LogP contribution in [-0.4, -0.2) is 155 Å². The summed E-state index contributed by atoms with van der Waals surface area (Å²) in [5, 5.41) is 67.2. The van der Waals surface area contributed by atoms with Gasteiger partial charge in [-0.3, -0.25) is 49.1 Å². The Morgan fingerprint density at radius 2 is 0.748 bits per heavy atom. The van der Waals surface area contributed by atoms with Crippen molar-refractivity contribution < 1.29 is 112 Å². The standard InChI is InChI=1S/C22H20N2O2.C21H18N2O2.C15H16BrNO2.C11H8BrNO2.C10H7BrClN.C10H8BrNO.C7H4BN.C6H14O2.C5H10O2.Al.Cl2OS.2Li.H2O.4H/c1-22(2,21(25)26-3)11-16-6-9-18-13-24-14-20(19(18)10-16)17-7-4-15(12-23)5-8-17;1-21(2,20(24)25)10-15-5-8-17-12-23-13-19(18(17)9-15)16-6-3-14(11-22)4-7-16;1-15(2,14(18)19-3)7-10-4-5-11-8-17-9-13(16)12(11)6-10;1-15-11(14)7-2-3-8-5-13-6-10(12)9(8)4-7;11-10-6-13-5-8-2-1-7(4-12)3-9(8)10;11-10-5-12-4-8-2-1-7(6-13)3-9(8)10;1-9-7-4-2-6(8)3-5-7;1-5(2,7)6(3,4)8;1-4(2)5(6)7-3;;1-4(2)3;;;;;;;/h4-10,13-14H,11H2,1-3H3;3-9,12-13H,10H2,1-2H3,(H,24,25);4-6,8-9H,7H2,1-3H3;2-6H,1H3;1-3,5-6H,4H2;1-5,13H,6H2;2-5H;7-8H,1-4H3;4H,1-3H3;;;;;1H2;;;;/q;;;;;;;;;;;2*+1;;;;;-1/p-1. The number of methoxy groups -OCH3 is 4. The van der Waals surface area contributed by atoms with Gasteiger partial charge in [-0.25, -0.2) is 13.8 Å². The number of hydrogen-bond acceptors (Lipinski definition) is 22. The van der Waals surface area contributed by atoms with E-state index in [1.807, 2.05) is 156 Å². The van der Waals surface area contributed by atoms with Crippen LogP contribution in [0.4, 0.5) is 5.69 Å². The number of pyridine rings is 6. The van der Waals surface area contributed by atoms with Gasteiger partial charge in [0.05, 0.1) is 104 Å². The van der Waals surface area contributed by atoms with Gasteiger partial charge in [-0.05, 0) is 278 Å². The molecule has 6 aromatic heterocycles. The molecule has 24 nitrogen and oxygen atoms in total. The number of nitrogens with zero attached hydrogens (tertiary/aromatic N) is 9. The number of aromatic nitrogens is 6. The first-order valence-corrected chi connectivity index (χ1v) is 49.1. The molecule has 9 aromatic carbocycles. The van der Waals surface area contributed by atoms with E-state index in [-0.39, 0.29) is 98.4 Å². The number of hydrogen-bond donors (Lipinski definition) is 4. The average molecular weight is 2270 g/mol. The number of rotatable bonds is 16. The molecule has 0 aliphatic heterocycles. The number of nitriles is 2. The molecule has 0 aliphatic rings. The van der Waals surface area contributed by atoms with Crippen molar-refractivity contribution in [2.75, 3.05) is 28.4 Å². The number of esters is 4. The molecule has 0 bridgehead atoms. The van der Waals surface area contributed by atoms with Crippen LogP contribution in [-0.2, 0) is 79.1 Å². The second-order valence-corrected chi connectivity index (χ2v) is 40.6. The van der Waals surface area contributed by atoms with Crippen LogP contribution in [0.15, 0.2) is 274 Å². The van der Waals surface area contributed by atoms with E-state index in [1.165, 1.54) is 28.4 Å². The maximum absolute atomic E-state index is 12.0. The zero-order valence-corrected chi connectivity index (χ0v) is 91.3. The maximum Gasteiger partial charge on any atom is 1.00 e. The third kappa shape index (κ3) is 40.6. The predicted octanol–water partition coefficient (Wildman–Crippen LogP) is 17.9. The van der Waals surface area contributed by atoms with Crippen LogP contribution < -0.4 is 43.2 Å². The first-order valence-electron chi connectivity index (χ1n) is 42.6. The van der Waals surface area contributed by atoms with Gasteiger partial charge in [0.2, 0.25) is 9.23 Å². The van der Waals surface area contributed by atoms with Crippen molar-refractivity contribution in [3.63, 3.8) is 0 Å². The Balaban J connectivity index is 0.000000825. The van der Waals surface area contributed by atoms with E-state index < -0.39 is 42.6 Å². The number of carboxylic acid groups (broad SMARTS) is 1. The first-order chi connectivity index (χ1) is 65.6. The van der Waals surface area contributed by atoms with E-state index in [1.54, 1.807) is 166 Å². The quantitative estimate of drug-likeness (QED) is 0.0174. The van der Waals surface area contributed by atoms with E-state index in [9.17, 15) is 29.1 Å². The molecule has 0 fully saturated rings. The smallest absolute Gasteiger partial charge is 1.00 e. The first kappa shape index (κ1) is 129. The molecule has 736 valence electrons. The second-order valence-electron chi connectivity index (χ2n) is 34.4. The van der Waals surface area contributed by atoms with Gasteiger partial charge < -0.3 is 46.3 Å². The van der Waals surface area contributed by atoms with Crippen LogP contribution in [0.25, 0.3) is 91.7 Å². The van der Waals surface area contributed by atoms with Crippen molar-refractivity contribution in [1.29, 1.82) is 10.5 Å². The summed E-state index contributed by atoms with van der Waals surface area (Å²) in [6.07, 6.45) is 23.2. The van der Waals surface area contributed by atoms with Gasteiger partial charge >= 0.3 is 67.6 Å². The van der Waals surface area contributed by atoms with Gasteiger partial charge in [0.1, 0.15) is 7.85 Å². The fraction of sp³-hybridized carbons (Fsp3) is 0.252. The number of halogens is 7. The molecular formula is C107H110AlBBr4Cl3Li2N9O15S. The molecule has 36 heteroatoms. The van der Waals surface area contributed by atoms with Crippen molar-refractivity contribution in [2.45, 2.75) is 126 Å². The van der Waals surface area contributed by atoms with Gasteiger partial charge in [0.25, 0.3) is 0 Å². The van der Waals surface area contributed by atoms with Crippen molar-refractivity contribution in [3.05, 3.63) is 330 Å². The van der Waals surface area contributed by atoms with Crippen LogP contribution in [0, 0.1) is 51.4 Å². The molecule has 143 heavy (non-hydrogen) atoms. The summed E-state index contributed by atoms with van der Waals surface area (Å²) >= 11 is 19.5. The molecule has 15 aromatic rings. The van der Waals surface area contributed by atoms with Crippen molar-refractivity contribution in [1.82, 2.24) is 29.9 Å². The molecule has 0 spiro atoms. The Bertz CT molecular complexity index is 6850. The zero-order valence-electron chi connectivity index (χ0n) is 82.8. The number of carbonyl (C=O) groups excluding carboxylic acids is 4. The SMILES string of the molecule is CC(C)(Cc1ccc2cncc(-c3ccc(C#N)cc3)c2c1)C(=O)O.CC(C)(O)C(C)(C)O.COC(=O)C(C)(C)Cc1ccc2cncc(-c3ccc(C#N)cc3)c2c1.COC(=O)C(C)(C)Cc1ccc2cncc(Br)c2c1.COC(=O)C(C)C.COC(=O)c1ccc2cncc(Br)c2c1.ClCc1ccc2cncc(Br)c2c1.O=S(Cl)Cl.OCc1ccc2cncc(Br)c2c1.[AlH3].[B]c1ccc([N+]#[C-])cc1.[H-].[Li+].[Li+].[OH-]. The Kier molecular flexibility index (Phi) is 55.9. The topological polar surface area (TPSA) is 380 Å². The number of benzene rings is 9. The van der Waals surface area contributed by atoms with Gasteiger partial charge in [-0.2, -0.15) is 10.5 Å². The molecule has 2 radical (unpaired) electrons. The minimum Gasteiger partial charge on any atom is -1.00 e. The van der Waals surface area contributed by atoms with E-state index >= 15 is 0 Å². The number of aliphatic hydroxyl groups excluding tert-OH is 1. The van der Waals surface area contributed by atoms with Gasteiger partial charge in [-0.1, -0.05) is 147 Å². The summed E-state index contributed by atoms with van der Waals surface area (Å²) in [6, 6.07) is 61.5. The van der Waals surface area contributed by atoms with Gasteiger partial charge in [0.15, 0.2) is 23.0 Å². The van der Waals surface area contributed by atoms with Crippen LogP contribution in [0.1, 0.15) is 134 Å². The van der Waals surface area contributed by atoms with Gasteiger partial charge in [0, 0.05) is 163 Å². The summed E-state index contributed by atoms with van der Waals surface area (Å²) in [4.78, 5) is 84.9. The number of aliphatic hydroxyl groups is 3. The monoisotopic (exact) mass is 2270 g/mol. The minimum absolute atomic E-state index is 0. The van der Waals surface area contributed by atoms with Crippen molar-refractivity contribution in [3.8, 4) is 34.4 Å². The average Bonchev–Trinajstić information content (AvgIpc) is 0.786. The summed E-state index contributed by atoms with van der Waals surface area (Å²) < 4.78 is 31.7. The fourth-order valence-corrected chi connectivity index (χ4v) is 14.8. The summed E-state index contributed by atoms with van der Waals surface area (Å²) in [5.74, 6) is -1.16. The van der Waals surface area contributed by atoms with Crippen molar-refractivity contribution in [2.24, 2.45) is 22.2 Å². The molecule has 6 heterocycles. The Labute approximate surface area is 921 Å². The number of carbonyl (C=O) groups is 5. The molecule has 0 unspecified atom stereocenters. The molecule has 0 saturated carbocycles. The molecule has 0 amide bonds. The van der Waals surface area contributed by atoms with E-state index in [0.29, 0.717) is 53.0 Å². The molecule has 0 aliphatic carbocycles. The summed E-state index contributed by atoms with van der Waals surface area (Å²) in [6.45, 7) is 27.6. The normalized spacial score (nSPS) is 10.6. The molecule has 5 N–H and O–H groups in total. The van der Waals surface area contributed by atoms with Crippen molar-refractivity contribution >= 4 is 237 Å². The van der Waals surface area contributed by atoms with Crippen LogP contribution in [0.5, 0.6) is 0 Å². The van der Waals surface area contributed by atoms with Crippen LogP contribution in [0.3, 0.4) is 0 Å². The molecule has 15 rings (SSSR count). The number of fused-ring (bicyclic) bond motifs is 6. The minimum atomic E-state index is -1.67. The second kappa shape index (κ2) is 62.0. The molecule has 0 atom stereocenters. The zero-order chi connectivity index (χ0) is 103. The fourth-order valence-electron chi connectivity index (χ4n) is 12.8. The number of ether oxygens (including phenoxy) is 4. The predicted molar refractivity (Wildman–Crippen MR) is 583 cm³/mol. The third-order valence-electron chi connectivity index (χ3n) is 21.3. The maximum atomic E-state index is 12.0.